The van der Waals surface area contributed by atoms with Gasteiger partial charge in [-0.25, -0.2) is 9.18 Å². The molecule has 8 heteroatoms. The van der Waals surface area contributed by atoms with Gasteiger partial charge in [0.1, 0.15) is 11.6 Å². The van der Waals surface area contributed by atoms with Crippen LogP contribution in [0.3, 0.4) is 0 Å². The van der Waals surface area contributed by atoms with E-state index in [1.807, 2.05) is 0 Å². The molecule has 0 atom stereocenters. The predicted octanol–water partition coefficient (Wildman–Crippen LogP) is 3.44. The molecule has 2 heterocycles. The summed E-state index contributed by atoms with van der Waals surface area (Å²) >= 11 is 0.789. The number of benzene rings is 1. The number of halogens is 1. The van der Waals surface area contributed by atoms with Gasteiger partial charge in [-0.2, -0.15) is 0 Å². The summed E-state index contributed by atoms with van der Waals surface area (Å²) in [6, 6.07) is 8.48. The third-order valence-corrected chi connectivity index (χ3v) is 4.31. The third kappa shape index (κ3) is 3.63. The number of furan rings is 1. The van der Waals surface area contributed by atoms with E-state index in [-0.39, 0.29) is 28.8 Å². The van der Waals surface area contributed by atoms with Crippen LogP contribution in [0.4, 0.5) is 9.18 Å². The number of hydrogen-bond acceptors (Lipinski definition) is 6. The third-order valence-electron chi connectivity index (χ3n) is 3.40. The topological polar surface area (TPSA) is 76.8 Å². The zero-order valence-electron chi connectivity index (χ0n) is 13.0. The van der Waals surface area contributed by atoms with Crippen LogP contribution in [-0.2, 0) is 16.1 Å². The Kier molecular flexibility index (Phi) is 4.71. The Balaban J connectivity index is 1.76. The smallest absolute Gasteiger partial charge is 0.373 e. The maximum Gasteiger partial charge on any atom is 0.373 e. The molecule has 1 aromatic heterocycles. The lowest BCUT2D eigenvalue weighted by atomic mass is 10.2. The molecule has 0 unspecified atom stereocenters. The Morgan fingerprint density at radius 1 is 1.24 bits per heavy atom. The van der Waals surface area contributed by atoms with Gasteiger partial charge in [-0.05, 0) is 47.7 Å². The van der Waals surface area contributed by atoms with Gasteiger partial charge in [-0.3, -0.25) is 14.5 Å². The molecule has 2 amide bonds. The van der Waals surface area contributed by atoms with E-state index >= 15 is 0 Å². The van der Waals surface area contributed by atoms with Crippen molar-refractivity contribution in [3.05, 3.63) is 64.2 Å². The second-order valence-electron chi connectivity index (χ2n) is 5.08. The van der Waals surface area contributed by atoms with Gasteiger partial charge in [0.15, 0.2) is 0 Å². The Labute approximate surface area is 146 Å². The van der Waals surface area contributed by atoms with Gasteiger partial charge in [0, 0.05) is 0 Å². The molecule has 3 rings (SSSR count). The van der Waals surface area contributed by atoms with E-state index in [2.05, 4.69) is 4.74 Å². The molecule has 25 heavy (non-hydrogen) atoms. The summed E-state index contributed by atoms with van der Waals surface area (Å²) in [4.78, 5) is 37.1. The molecule has 1 fully saturated rings. The number of amides is 2. The number of ether oxygens (including phenoxy) is 1. The summed E-state index contributed by atoms with van der Waals surface area (Å²) in [7, 11) is 1.22. The molecular formula is C17H12FNO5S. The van der Waals surface area contributed by atoms with Gasteiger partial charge in [-0.1, -0.05) is 12.1 Å². The zero-order chi connectivity index (χ0) is 18.0. The van der Waals surface area contributed by atoms with E-state index in [0.717, 1.165) is 16.7 Å². The lowest BCUT2D eigenvalue weighted by molar-refractivity contribution is -0.123. The van der Waals surface area contributed by atoms with Gasteiger partial charge in [0.05, 0.1) is 18.6 Å². The lowest BCUT2D eigenvalue weighted by Gasteiger charge is -2.09. The van der Waals surface area contributed by atoms with Crippen molar-refractivity contribution in [1.82, 2.24) is 4.90 Å². The Bertz CT molecular complexity index is 871. The molecule has 0 bridgehead atoms. The fourth-order valence-corrected chi connectivity index (χ4v) is 3.01. The fraction of sp³-hybridized carbons (Fsp3) is 0.118. The van der Waals surface area contributed by atoms with E-state index in [4.69, 9.17) is 4.42 Å². The highest BCUT2D eigenvalue weighted by atomic mass is 32.2. The number of esters is 1. The first-order valence-corrected chi connectivity index (χ1v) is 7.97. The first kappa shape index (κ1) is 17.0. The number of rotatable bonds is 4. The molecule has 1 saturated heterocycles. The maximum absolute atomic E-state index is 12.9. The van der Waals surface area contributed by atoms with Crippen LogP contribution in [0.25, 0.3) is 6.08 Å². The molecule has 1 aromatic carbocycles. The van der Waals surface area contributed by atoms with Gasteiger partial charge in [-0.15, -0.1) is 0 Å². The predicted molar refractivity (Wildman–Crippen MR) is 88.0 cm³/mol. The molecule has 2 aromatic rings. The summed E-state index contributed by atoms with van der Waals surface area (Å²) in [5.41, 5.74) is 0.609. The molecule has 1 aliphatic heterocycles. The van der Waals surface area contributed by atoms with E-state index < -0.39 is 17.1 Å². The average Bonchev–Trinajstić information content (AvgIpc) is 3.17. The van der Waals surface area contributed by atoms with E-state index in [1.54, 1.807) is 0 Å². The quantitative estimate of drug-likeness (QED) is 0.613. The number of carbonyl (C=O) groups is 3. The van der Waals surface area contributed by atoms with Crippen molar-refractivity contribution in [1.29, 1.82) is 0 Å². The van der Waals surface area contributed by atoms with Crippen molar-refractivity contribution in [3.63, 3.8) is 0 Å². The van der Waals surface area contributed by atoms with Crippen LogP contribution < -0.4 is 0 Å². The van der Waals surface area contributed by atoms with Crippen LogP contribution in [0.15, 0.2) is 45.7 Å². The van der Waals surface area contributed by atoms with Gasteiger partial charge >= 0.3 is 5.97 Å². The Morgan fingerprint density at radius 3 is 2.64 bits per heavy atom. The summed E-state index contributed by atoms with van der Waals surface area (Å²) in [5.74, 6) is -1.23. The van der Waals surface area contributed by atoms with Crippen LogP contribution in [0, 0.1) is 5.82 Å². The van der Waals surface area contributed by atoms with E-state index in [9.17, 15) is 18.8 Å². The van der Waals surface area contributed by atoms with Crippen LogP contribution in [-0.4, -0.2) is 29.1 Å². The number of carbonyl (C=O) groups excluding carboxylic acids is 3. The standard InChI is InChI=1S/C17H12FNO5S/c1-23-16(21)13-7-6-12(24-13)9-19-15(20)14(25-17(19)22)8-10-2-4-11(18)5-3-10/h2-8H,9H2,1H3. The van der Waals surface area contributed by atoms with Crippen molar-refractivity contribution in [2.24, 2.45) is 0 Å². The first-order valence-electron chi connectivity index (χ1n) is 7.16. The molecule has 6 nitrogen and oxygen atoms in total. The van der Waals surface area contributed by atoms with E-state index in [1.165, 1.54) is 49.6 Å². The second-order valence-corrected chi connectivity index (χ2v) is 6.07. The molecule has 1 aliphatic rings. The molecule has 128 valence electrons. The number of nitrogens with zero attached hydrogens (tertiary/aromatic N) is 1. The van der Waals surface area contributed by atoms with Crippen molar-refractivity contribution in [2.75, 3.05) is 7.11 Å². The minimum absolute atomic E-state index is 0.00803. The number of hydrogen-bond donors (Lipinski definition) is 0. The number of thioether (sulfide) groups is 1. The monoisotopic (exact) mass is 361 g/mol. The zero-order valence-corrected chi connectivity index (χ0v) is 13.8. The molecular weight excluding hydrogens is 349 g/mol. The highest BCUT2D eigenvalue weighted by Crippen LogP contribution is 2.33. The Hall–Kier alpha value is -2.87. The SMILES string of the molecule is COC(=O)c1ccc(CN2C(=O)SC(=Cc3ccc(F)cc3)C2=O)o1. The minimum atomic E-state index is -0.642. The highest BCUT2D eigenvalue weighted by Gasteiger charge is 2.35. The molecule has 0 spiro atoms. The van der Waals surface area contributed by atoms with Crippen LogP contribution in [0.1, 0.15) is 21.9 Å². The number of methoxy groups -OCH3 is 1. The normalized spacial score (nSPS) is 15.9. The van der Waals surface area contributed by atoms with Crippen molar-refractivity contribution in [3.8, 4) is 0 Å². The van der Waals surface area contributed by atoms with Crippen molar-refractivity contribution in [2.45, 2.75) is 6.54 Å². The van der Waals surface area contributed by atoms with Crippen molar-refractivity contribution >= 4 is 35.0 Å². The molecule has 0 N–H and O–H groups in total. The summed E-state index contributed by atoms with van der Waals surface area (Å²) < 4.78 is 22.7. The Morgan fingerprint density at radius 2 is 1.96 bits per heavy atom. The highest BCUT2D eigenvalue weighted by molar-refractivity contribution is 8.18. The fourth-order valence-electron chi connectivity index (χ4n) is 2.18. The molecule has 0 aliphatic carbocycles. The van der Waals surface area contributed by atoms with Crippen LogP contribution >= 0.6 is 11.8 Å². The van der Waals surface area contributed by atoms with Gasteiger partial charge in [0.2, 0.25) is 5.76 Å². The summed E-state index contributed by atoms with van der Waals surface area (Å²) in [5, 5.41) is -0.450. The van der Waals surface area contributed by atoms with Crippen LogP contribution in [0.5, 0.6) is 0 Å². The van der Waals surface area contributed by atoms with Gasteiger partial charge in [0.25, 0.3) is 11.1 Å². The number of imide groups is 1. The summed E-state index contributed by atoms with van der Waals surface area (Å²) in [6.07, 6.45) is 1.52. The summed E-state index contributed by atoms with van der Waals surface area (Å²) in [6.45, 7) is -0.0948. The minimum Gasteiger partial charge on any atom is -0.463 e. The maximum atomic E-state index is 12.9. The second kappa shape index (κ2) is 6.94. The first-order chi connectivity index (χ1) is 12.0. The average molecular weight is 361 g/mol. The van der Waals surface area contributed by atoms with E-state index in [0.29, 0.717) is 5.56 Å². The van der Waals surface area contributed by atoms with Crippen LogP contribution in [0.2, 0.25) is 0 Å². The van der Waals surface area contributed by atoms with Gasteiger partial charge < -0.3 is 9.15 Å². The van der Waals surface area contributed by atoms with Crippen molar-refractivity contribution < 1.29 is 27.9 Å². The molecule has 0 saturated carbocycles. The molecule has 0 radical (unpaired) electrons. The largest absolute Gasteiger partial charge is 0.463 e. The lowest BCUT2D eigenvalue weighted by Crippen LogP contribution is -2.27.